The molecule has 1 atom stereocenters. The standard InChI is InChI=1S/C22H19N3O3/c1-4-12-8-11-16-18(15(12)5-2)17(13-6-9-14(27-3)10-7-13)19-20(23)24-22(26)25-21(19)28-16/h4-11,17H,1-2H2,3H3,(H3,23,24,25,26). The molecule has 0 radical (unpaired) electrons. The predicted molar refractivity (Wildman–Crippen MR) is 110 cm³/mol. The van der Waals surface area contributed by atoms with Crippen LogP contribution >= 0.6 is 0 Å². The van der Waals surface area contributed by atoms with Gasteiger partial charge in [0.25, 0.3) is 0 Å². The van der Waals surface area contributed by atoms with E-state index in [-0.39, 0.29) is 17.6 Å². The molecule has 0 amide bonds. The molecule has 4 rings (SSSR count). The summed E-state index contributed by atoms with van der Waals surface area (Å²) in [4.78, 5) is 18.4. The van der Waals surface area contributed by atoms with Crippen LogP contribution in [0.15, 0.2) is 54.4 Å². The van der Waals surface area contributed by atoms with Crippen molar-refractivity contribution in [2.45, 2.75) is 5.92 Å². The molecule has 2 heterocycles. The third-order valence-electron chi connectivity index (χ3n) is 4.90. The highest BCUT2D eigenvalue weighted by atomic mass is 16.5. The average molecular weight is 373 g/mol. The minimum Gasteiger partial charge on any atom is -0.497 e. The summed E-state index contributed by atoms with van der Waals surface area (Å²) < 4.78 is 11.2. The third-order valence-corrected chi connectivity index (χ3v) is 4.90. The van der Waals surface area contributed by atoms with Crippen LogP contribution in [0.1, 0.15) is 33.7 Å². The van der Waals surface area contributed by atoms with E-state index < -0.39 is 5.69 Å². The Balaban J connectivity index is 2.06. The first-order valence-corrected chi connectivity index (χ1v) is 8.70. The second kappa shape index (κ2) is 6.74. The van der Waals surface area contributed by atoms with Gasteiger partial charge < -0.3 is 15.2 Å². The van der Waals surface area contributed by atoms with Gasteiger partial charge in [0.05, 0.1) is 12.7 Å². The van der Waals surface area contributed by atoms with E-state index in [9.17, 15) is 4.79 Å². The van der Waals surface area contributed by atoms with Crippen molar-refractivity contribution in [2.75, 3.05) is 12.8 Å². The lowest BCUT2D eigenvalue weighted by Gasteiger charge is -2.30. The highest BCUT2D eigenvalue weighted by Gasteiger charge is 2.34. The van der Waals surface area contributed by atoms with Crippen LogP contribution in [0, 0.1) is 0 Å². The molecule has 0 fully saturated rings. The molecule has 0 saturated heterocycles. The van der Waals surface area contributed by atoms with Crippen LogP contribution in [0.4, 0.5) is 5.82 Å². The van der Waals surface area contributed by atoms with Crippen molar-refractivity contribution in [2.24, 2.45) is 0 Å². The molecule has 0 bridgehead atoms. The lowest BCUT2D eigenvalue weighted by atomic mass is 9.80. The fourth-order valence-corrected chi connectivity index (χ4v) is 3.64. The van der Waals surface area contributed by atoms with Gasteiger partial charge >= 0.3 is 5.69 Å². The number of nitrogens with zero attached hydrogens (tertiary/aromatic N) is 1. The number of nitrogen functional groups attached to an aromatic ring is 1. The van der Waals surface area contributed by atoms with E-state index in [4.69, 9.17) is 15.2 Å². The molecule has 3 N–H and O–H groups in total. The molecule has 1 aliphatic rings. The maximum atomic E-state index is 11.9. The number of hydrogen-bond acceptors (Lipinski definition) is 5. The van der Waals surface area contributed by atoms with Gasteiger partial charge in [0.2, 0.25) is 5.88 Å². The summed E-state index contributed by atoms with van der Waals surface area (Å²) >= 11 is 0. The maximum absolute atomic E-state index is 11.9. The molecule has 140 valence electrons. The van der Waals surface area contributed by atoms with Gasteiger partial charge in [-0.25, -0.2) is 4.79 Å². The highest BCUT2D eigenvalue weighted by molar-refractivity contribution is 5.75. The minimum absolute atomic E-state index is 0.205. The van der Waals surface area contributed by atoms with Gasteiger partial charge in [0.1, 0.15) is 17.3 Å². The molecule has 0 saturated carbocycles. The quantitative estimate of drug-likeness (QED) is 0.566. The summed E-state index contributed by atoms with van der Waals surface area (Å²) in [5.74, 6) is 1.47. The largest absolute Gasteiger partial charge is 0.497 e. The van der Waals surface area contributed by atoms with E-state index in [0.29, 0.717) is 11.3 Å². The molecular weight excluding hydrogens is 354 g/mol. The zero-order chi connectivity index (χ0) is 19.8. The summed E-state index contributed by atoms with van der Waals surface area (Å²) in [6, 6.07) is 11.4. The normalized spacial score (nSPS) is 14.4. The molecule has 1 aliphatic heterocycles. The maximum Gasteiger partial charge on any atom is 0.349 e. The van der Waals surface area contributed by atoms with Gasteiger partial charge in [0, 0.05) is 11.5 Å². The summed E-state index contributed by atoms with van der Waals surface area (Å²) in [5.41, 5.74) is 9.92. The Morgan fingerprint density at radius 2 is 1.89 bits per heavy atom. The number of anilines is 1. The van der Waals surface area contributed by atoms with Crippen molar-refractivity contribution in [3.8, 4) is 17.4 Å². The Morgan fingerprint density at radius 1 is 1.14 bits per heavy atom. The van der Waals surface area contributed by atoms with E-state index in [1.807, 2.05) is 36.4 Å². The number of benzene rings is 2. The summed E-state index contributed by atoms with van der Waals surface area (Å²) in [7, 11) is 1.62. The number of rotatable bonds is 4. The number of methoxy groups -OCH3 is 1. The second-order valence-corrected chi connectivity index (χ2v) is 6.37. The van der Waals surface area contributed by atoms with Crippen molar-refractivity contribution in [3.63, 3.8) is 0 Å². The molecule has 6 nitrogen and oxygen atoms in total. The van der Waals surface area contributed by atoms with Crippen LogP contribution in [0.2, 0.25) is 0 Å². The van der Waals surface area contributed by atoms with Crippen LogP contribution in [-0.4, -0.2) is 17.1 Å². The fraction of sp³-hybridized carbons (Fsp3) is 0.0909. The first-order chi connectivity index (χ1) is 13.6. The number of fused-ring (bicyclic) bond motifs is 2. The number of aromatic amines is 1. The Kier molecular flexibility index (Phi) is 4.24. The van der Waals surface area contributed by atoms with E-state index in [0.717, 1.165) is 28.0 Å². The first kappa shape index (κ1) is 17.6. The van der Waals surface area contributed by atoms with Gasteiger partial charge in [-0.15, -0.1) is 0 Å². The summed E-state index contributed by atoms with van der Waals surface area (Å²) in [6.45, 7) is 7.86. The summed E-state index contributed by atoms with van der Waals surface area (Å²) in [6.07, 6.45) is 3.54. The zero-order valence-corrected chi connectivity index (χ0v) is 15.4. The topological polar surface area (TPSA) is 90.2 Å². The van der Waals surface area contributed by atoms with Gasteiger partial charge in [-0.3, -0.25) is 4.98 Å². The molecule has 1 unspecified atom stereocenters. The van der Waals surface area contributed by atoms with Crippen LogP contribution in [0.5, 0.6) is 17.4 Å². The van der Waals surface area contributed by atoms with E-state index in [1.54, 1.807) is 19.3 Å². The number of nitrogens with two attached hydrogens (primary N) is 1. The first-order valence-electron chi connectivity index (χ1n) is 8.70. The number of nitrogens with one attached hydrogen (secondary N) is 1. The van der Waals surface area contributed by atoms with E-state index in [1.165, 1.54) is 0 Å². The molecule has 6 heteroatoms. The van der Waals surface area contributed by atoms with Crippen molar-refractivity contribution >= 4 is 18.0 Å². The molecule has 28 heavy (non-hydrogen) atoms. The van der Waals surface area contributed by atoms with Crippen LogP contribution in [0.25, 0.3) is 12.2 Å². The Bertz CT molecular complexity index is 1150. The number of hydrogen-bond donors (Lipinski definition) is 2. The fourth-order valence-electron chi connectivity index (χ4n) is 3.64. The predicted octanol–water partition coefficient (Wildman–Crippen LogP) is 3.93. The molecule has 0 spiro atoms. The molecule has 2 aromatic carbocycles. The third kappa shape index (κ3) is 2.66. The number of aromatic nitrogens is 2. The van der Waals surface area contributed by atoms with Crippen molar-refractivity contribution in [1.82, 2.24) is 9.97 Å². The van der Waals surface area contributed by atoms with Gasteiger partial charge in [-0.1, -0.05) is 43.5 Å². The molecule has 3 aromatic rings. The smallest absolute Gasteiger partial charge is 0.349 e. The Hall–Kier alpha value is -3.80. The van der Waals surface area contributed by atoms with Crippen LogP contribution in [-0.2, 0) is 0 Å². The lowest BCUT2D eigenvalue weighted by Crippen LogP contribution is -2.23. The second-order valence-electron chi connectivity index (χ2n) is 6.37. The minimum atomic E-state index is -0.556. The average Bonchev–Trinajstić information content (AvgIpc) is 2.71. The number of ether oxygens (including phenoxy) is 2. The van der Waals surface area contributed by atoms with E-state index >= 15 is 0 Å². The SMILES string of the molecule is C=Cc1ccc2c(c1C=C)C(c1ccc(OC)cc1)c1c(nc(=O)[nH]c1N)O2. The molecule has 0 aliphatic carbocycles. The molecule has 1 aromatic heterocycles. The van der Waals surface area contributed by atoms with Gasteiger partial charge in [0.15, 0.2) is 0 Å². The summed E-state index contributed by atoms with van der Waals surface area (Å²) in [5, 5.41) is 0. The highest BCUT2D eigenvalue weighted by Crippen LogP contribution is 2.50. The zero-order valence-electron chi connectivity index (χ0n) is 15.4. The monoisotopic (exact) mass is 373 g/mol. The van der Waals surface area contributed by atoms with Crippen molar-refractivity contribution in [3.05, 3.63) is 87.9 Å². The number of H-pyrrole nitrogens is 1. The van der Waals surface area contributed by atoms with Crippen LogP contribution in [0.3, 0.4) is 0 Å². The van der Waals surface area contributed by atoms with Gasteiger partial charge in [-0.2, -0.15) is 4.98 Å². The van der Waals surface area contributed by atoms with Crippen LogP contribution < -0.4 is 20.9 Å². The Morgan fingerprint density at radius 3 is 2.54 bits per heavy atom. The van der Waals surface area contributed by atoms with Gasteiger partial charge in [-0.05, 0) is 34.9 Å². The van der Waals surface area contributed by atoms with Crippen molar-refractivity contribution < 1.29 is 9.47 Å². The lowest BCUT2D eigenvalue weighted by molar-refractivity contribution is 0.414. The van der Waals surface area contributed by atoms with Crippen molar-refractivity contribution in [1.29, 1.82) is 0 Å². The molecular formula is C22H19N3O3. The van der Waals surface area contributed by atoms with E-state index in [2.05, 4.69) is 23.1 Å². The Labute approximate surface area is 162 Å².